The first-order valence-corrected chi connectivity index (χ1v) is 6.20. The van der Waals surface area contributed by atoms with Crippen LogP contribution in [0, 0.1) is 0 Å². The second-order valence-electron chi connectivity index (χ2n) is 3.75. The zero-order valence-corrected chi connectivity index (χ0v) is 12.1. The molecule has 0 heterocycles. The molecule has 1 unspecified atom stereocenters. The van der Waals surface area contributed by atoms with E-state index in [0.717, 1.165) is 6.07 Å². The molecule has 10 heteroatoms. The Morgan fingerprint density at radius 2 is 2.00 bits per heavy atom. The van der Waals surface area contributed by atoms with Crippen molar-refractivity contribution in [3.05, 3.63) is 22.7 Å². The van der Waals surface area contributed by atoms with Gasteiger partial charge in [0, 0.05) is 0 Å². The van der Waals surface area contributed by atoms with Gasteiger partial charge in [-0.25, -0.2) is 4.79 Å². The van der Waals surface area contributed by atoms with Gasteiger partial charge in [-0.15, -0.1) is 13.2 Å². The smallest absolute Gasteiger partial charge is 0.481 e. The summed E-state index contributed by atoms with van der Waals surface area (Å²) < 4.78 is 45.2. The lowest BCUT2D eigenvalue weighted by atomic mass is 10.3. The number of hydrogen-bond acceptors (Lipinski definition) is 4. The molecule has 1 aromatic rings. The van der Waals surface area contributed by atoms with Crippen molar-refractivity contribution >= 4 is 27.9 Å². The summed E-state index contributed by atoms with van der Waals surface area (Å²) in [5, 5.41) is 1.81. The molecule has 0 bridgehead atoms. The number of alkyl halides is 3. The minimum Gasteiger partial charge on any atom is -0.481 e. The van der Waals surface area contributed by atoms with Gasteiger partial charge < -0.3 is 15.2 Å². The number of carbonyl (C=O) groups is 2. The third-order valence-corrected chi connectivity index (χ3v) is 2.68. The highest BCUT2D eigenvalue weighted by Crippen LogP contribution is 2.33. The summed E-state index contributed by atoms with van der Waals surface area (Å²) in [4.78, 5) is 21.9. The third kappa shape index (κ3) is 5.90. The Kier molecular flexibility index (Phi) is 5.41. The summed E-state index contributed by atoms with van der Waals surface area (Å²) in [6.07, 6.45) is -5.89. The molecule has 3 amide bonds. The fourth-order valence-electron chi connectivity index (χ4n) is 1.24. The highest BCUT2D eigenvalue weighted by Gasteiger charge is 2.32. The molecule has 0 radical (unpaired) electrons. The van der Waals surface area contributed by atoms with Crippen molar-refractivity contribution in [2.24, 2.45) is 5.73 Å². The first-order chi connectivity index (χ1) is 9.58. The van der Waals surface area contributed by atoms with E-state index in [9.17, 15) is 22.8 Å². The molecule has 3 N–H and O–H groups in total. The number of hydrogen-bond donors (Lipinski definition) is 2. The van der Waals surface area contributed by atoms with Crippen molar-refractivity contribution in [3.8, 4) is 11.5 Å². The second kappa shape index (κ2) is 6.66. The minimum absolute atomic E-state index is 0.0140. The molecule has 116 valence electrons. The van der Waals surface area contributed by atoms with Gasteiger partial charge in [0.25, 0.3) is 5.91 Å². The highest BCUT2D eigenvalue weighted by molar-refractivity contribution is 9.10. The van der Waals surface area contributed by atoms with Crippen molar-refractivity contribution in [2.45, 2.75) is 19.4 Å². The van der Waals surface area contributed by atoms with Crippen LogP contribution in [0.5, 0.6) is 11.5 Å². The van der Waals surface area contributed by atoms with E-state index in [-0.39, 0.29) is 10.2 Å². The molecule has 1 aromatic carbocycles. The van der Waals surface area contributed by atoms with E-state index in [1.54, 1.807) is 0 Å². The molecule has 0 saturated heterocycles. The maximum absolute atomic E-state index is 12.1. The van der Waals surface area contributed by atoms with Crippen molar-refractivity contribution in [1.29, 1.82) is 0 Å². The fourth-order valence-corrected chi connectivity index (χ4v) is 1.68. The Morgan fingerprint density at radius 1 is 1.38 bits per heavy atom. The first kappa shape index (κ1) is 17.1. The maximum atomic E-state index is 12.1. The van der Waals surface area contributed by atoms with E-state index in [2.05, 4.69) is 20.7 Å². The van der Waals surface area contributed by atoms with Crippen LogP contribution in [0.25, 0.3) is 0 Å². The lowest BCUT2D eigenvalue weighted by molar-refractivity contribution is -0.274. The van der Waals surface area contributed by atoms with Gasteiger partial charge in [0.2, 0.25) is 0 Å². The average molecular weight is 371 g/mol. The minimum atomic E-state index is -4.82. The highest BCUT2D eigenvalue weighted by atomic mass is 79.9. The zero-order chi connectivity index (χ0) is 16.2. The number of nitrogens with two attached hydrogens (primary N) is 1. The summed E-state index contributed by atoms with van der Waals surface area (Å²) in [7, 11) is 0. The SMILES string of the molecule is CC(Oc1ccc(OC(F)(F)F)c(Br)c1)C(=O)NC(N)=O. The predicted octanol–water partition coefficient (Wildman–Crippen LogP) is 2.31. The van der Waals surface area contributed by atoms with Crippen LogP contribution in [-0.2, 0) is 4.79 Å². The molecule has 1 atom stereocenters. The number of carbonyl (C=O) groups excluding carboxylic acids is 2. The number of halogens is 4. The predicted molar refractivity (Wildman–Crippen MR) is 68.6 cm³/mol. The maximum Gasteiger partial charge on any atom is 0.573 e. The Bertz CT molecular complexity index is 551. The Labute approximate surface area is 125 Å². The number of amides is 3. The Morgan fingerprint density at radius 3 is 2.48 bits per heavy atom. The first-order valence-electron chi connectivity index (χ1n) is 5.40. The summed E-state index contributed by atoms with van der Waals surface area (Å²) >= 11 is 2.89. The number of rotatable bonds is 4. The lowest BCUT2D eigenvalue weighted by Gasteiger charge is -2.15. The monoisotopic (exact) mass is 370 g/mol. The number of primary amides is 1. The van der Waals surface area contributed by atoms with Gasteiger partial charge in [0.05, 0.1) is 4.47 Å². The van der Waals surface area contributed by atoms with Crippen LogP contribution < -0.4 is 20.5 Å². The van der Waals surface area contributed by atoms with Crippen LogP contribution in [0.3, 0.4) is 0 Å². The number of imide groups is 1. The molecule has 0 saturated carbocycles. The molecule has 0 aliphatic heterocycles. The van der Waals surface area contributed by atoms with Gasteiger partial charge in [-0.2, -0.15) is 0 Å². The van der Waals surface area contributed by atoms with E-state index < -0.39 is 30.2 Å². The molecule has 21 heavy (non-hydrogen) atoms. The van der Waals surface area contributed by atoms with Gasteiger partial charge >= 0.3 is 12.4 Å². The Balaban J connectivity index is 2.76. The fraction of sp³-hybridized carbons (Fsp3) is 0.273. The molecule has 0 aliphatic carbocycles. The number of ether oxygens (including phenoxy) is 2. The van der Waals surface area contributed by atoms with Crippen LogP contribution in [0.2, 0.25) is 0 Å². The van der Waals surface area contributed by atoms with Gasteiger partial charge in [-0.05, 0) is 41.1 Å². The second-order valence-corrected chi connectivity index (χ2v) is 4.61. The Hall–Kier alpha value is -1.97. The molecule has 0 aromatic heterocycles. The normalized spacial score (nSPS) is 12.4. The summed E-state index contributed by atoms with van der Waals surface area (Å²) in [6, 6.07) is 2.35. The molecule has 0 spiro atoms. The van der Waals surface area contributed by atoms with Gasteiger partial charge in [0.15, 0.2) is 6.10 Å². The van der Waals surface area contributed by atoms with Crippen LogP contribution in [0.1, 0.15) is 6.92 Å². The number of nitrogens with one attached hydrogen (secondary N) is 1. The lowest BCUT2D eigenvalue weighted by Crippen LogP contribution is -2.42. The van der Waals surface area contributed by atoms with E-state index in [1.165, 1.54) is 19.1 Å². The van der Waals surface area contributed by atoms with Crippen molar-refractivity contribution in [1.82, 2.24) is 5.32 Å². The zero-order valence-electron chi connectivity index (χ0n) is 10.5. The van der Waals surface area contributed by atoms with Crippen LogP contribution in [-0.4, -0.2) is 24.4 Å². The van der Waals surface area contributed by atoms with E-state index in [0.29, 0.717) is 0 Å². The average Bonchev–Trinajstić information content (AvgIpc) is 2.30. The molecule has 1 rings (SSSR count). The van der Waals surface area contributed by atoms with Crippen molar-refractivity contribution < 1.29 is 32.2 Å². The number of urea groups is 1. The largest absolute Gasteiger partial charge is 0.573 e. The van der Waals surface area contributed by atoms with Gasteiger partial charge in [-0.3, -0.25) is 10.1 Å². The van der Waals surface area contributed by atoms with Crippen molar-refractivity contribution in [2.75, 3.05) is 0 Å². The molecule has 0 aliphatic rings. The van der Waals surface area contributed by atoms with Gasteiger partial charge in [-0.1, -0.05) is 0 Å². The number of benzene rings is 1. The molecular weight excluding hydrogens is 361 g/mol. The van der Waals surface area contributed by atoms with Gasteiger partial charge in [0.1, 0.15) is 11.5 Å². The topological polar surface area (TPSA) is 90.7 Å². The van der Waals surface area contributed by atoms with Crippen LogP contribution >= 0.6 is 15.9 Å². The van der Waals surface area contributed by atoms with E-state index in [1.807, 2.05) is 5.32 Å². The quantitative estimate of drug-likeness (QED) is 0.850. The van der Waals surface area contributed by atoms with Crippen LogP contribution in [0.15, 0.2) is 22.7 Å². The van der Waals surface area contributed by atoms with Crippen LogP contribution in [0.4, 0.5) is 18.0 Å². The summed E-state index contributed by atoms with van der Waals surface area (Å²) in [5.41, 5.74) is 4.77. The summed E-state index contributed by atoms with van der Waals surface area (Å²) in [6.45, 7) is 1.34. The third-order valence-electron chi connectivity index (χ3n) is 2.06. The van der Waals surface area contributed by atoms with E-state index in [4.69, 9.17) is 10.5 Å². The summed E-state index contributed by atoms with van der Waals surface area (Å²) in [5.74, 6) is -1.14. The molecule has 0 fully saturated rings. The molecular formula is C11H10BrF3N2O4. The standard InChI is InChI=1S/C11H10BrF3N2O4/c1-5(9(18)17-10(16)19)20-6-2-3-8(7(12)4-6)21-11(13,14)15/h2-5H,1H3,(H3,16,17,18,19). The van der Waals surface area contributed by atoms with E-state index >= 15 is 0 Å². The molecule has 6 nitrogen and oxygen atoms in total. The van der Waals surface area contributed by atoms with Crippen molar-refractivity contribution in [3.63, 3.8) is 0 Å².